The maximum atomic E-state index is 6.54. The van der Waals surface area contributed by atoms with Gasteiger partial charge >= 0.3 is 0 Å². The first-order valence-corrected chi connectivity index (χ1v) is 9.98. The van der Waals surface area contributed by atoms with Crippen LogP contribution in [0.2, 0.25) is 5.02 Å². The predicted octanol–water partition coefficient (Wildman–Crippen LogP) is 4.74. The SMILES string of the molecule is COc1ccc(CNc2nc(-c3cnccn3)nc3sc(C)c(Cl)c23)cc1OC. The van der Waals surface area contributed by atoms with Crippen LogP contribution in [0, 0.1) is 6.92 Å². The minimum absolute atomic E-state index is 0.498. The van der Waals surface area contributed by atoms with E-state index >= 15 is 0 Å². The highest BCUT2D eigenvalue weighted by Crippen LogP contribution is 2.38. The van der Waals surface area contributed by atoms with Gasteiger partial charge in [-0.1, -0.05) is 17.7 Å². The summed E-state index contributed by atoms with van der Waals surface area (Å²) < 4.78 is 10.7. The van der Waals surface area contributed by atoms with E-state index in [1.165, 1.54) is 11.3 Å². The number of hydrogen-bond donors (Lipinski definition) is 1. The van der Waals surface area contributed by atoms with Crippen molar-refractivity contribution < 1.29 is 9.47 Å². The van der Waals surface area contributed by atoms with Gasteiger partial charge in [0.1, 0.15) is 16.3 Å². The normalized spacial score (nSPS) is 10.9. The lowest BCUT2D eigenvalue weighted by molar-refractivity contribution is 0.354. The molecule has 0 bridgehead atoms. The number of ether oxygens (including phenoxy) is 2. The molecule has 1 N–H and O–H groups in total. The Morgan fingerprint density at radius 3 is 2.66 bits per heavy atom. The molecule has 9 heteroatoms. The van der Waals surface area contributed by atoms with Crippen LogP contribution in [0.1, 0.15) is 10.4 Å². The first kappa shape index (κ1) is 19.4. The summed E-state index contributed by atoms with van der Waals surface area (Å²) in [5, 5.41) is 4.85. The van der Waals surface area contributed by atoms with Gasteiger partial charge in [-0.25, -0.2) is 15.0 Å². The van der Waals surface area contributed by atoms with Gasteiger partial charge in [-0.05, 0) is 24.6 Å². The van der Waals surface area contributed by atoms with Crippen molar-refractivity contribution >= 4 is 39.0 Å². The third-order valence-corrected chi connectivity index (χ3v) is 5.94. The molecule has 4 rings (SSSR count). The summed E-state index contributed by atoms with van der Waals surface area (Å²) in [6, 6.07) is 5.77. The summed E-state index contributed by atoms with van der Waals surface area (Å²) in [6.45, 7) is 2.49. The maximum Gasteiger partial charge on any atom is 0.183 e. The fraction of sp³-hybridized carbons (Fsp3) is 0.200. The molecular formula is C20H18ClN5O2S. The zero-order valence-corrected chi connectivity index (χ0v) is 17.6. The fourth-order valence-corrected chi connectivity index (χ4v) is 4.18. The molecule has 0 radical (unpaired) electrons. The summed E-state index contributed by atoms with van der Waals surface area (Å²) >= 11 is 8.07. The lowest BCUT2D eigenvalue weighted by atomic mass is 10.2. The second kappa shape index (κ2) is 8.18. The summed E-state index contributed by atoms with van der Waals surface area (Å²) in [5.41, 5.74) is 1.62. The maximum absolute atomic E-state index is 6.54. The van der Waals surface area contributed by atoms with Crippen LogP contribution in [-0.2, 0) is 6.54 Å². The van der Waals surface area contributed by atoms with Crippen molar-refractivity contribution in [1.29, 1.82) is 0 Å². The van der Waals surface area contributed by atoms with E-state index in [1.54, 1.807) is 32.8 Å². The van der Waals surface area contributed by atoms with E-state index in [2.05, 4.69) is 25.3 Å². The standard InChI is InChI=1S/C20H18ClN5O2S/c1-11-17(21)16-19(24-9-12-4-5-14(27-2)15(8-12)28-3)25-18(26-20(16)29-11)13-10-22-6-7-23-13/h4-8,10H,9H2,1-3H3,(H,24,25,26). The summed E-state index contributed by atoms with van der Waals surface area (Å²) in [4.78, 5) is 19.5. The van der Waals surface area contributed by atoms with Crippen LogP contribution in [0.5, 0.6) is 11.5 Å². The minimum Gasteiger partial charge on any atom is -0.493 e. The van der Waals surface area contributed by atoms with Gasteiger partial charge in [-0.2, -0.15) is 0 Å². The van der Waals surface area contributed by atoms with E-state index in [9.17, 15) is 0 Å². The molecule has 1 aromatic carbocycles. The minimum atomic E-state index is 0.498. The summed E-state index contributed by atoms with van der Waals surface area (Å²) in [5.74, 6) is 2.50. The number of hydrogen-bond acceptors (Lipinski definition) is 8. The Morgan fingerprint density at radius 2 is 1.93 bits per heavy atom. The molecular weight excluding hydrogens is 410 g/mol. The lowest BCUT2D eigenvalue weighted by Gasteiger charge is -2.12. The van der Waals surface area contributed by atoms with Crippen molar-refractivity contribution in [3.63, 3.8) is 0 Å². The molecule has 0 saturated carbocycles. The molecule has 3 heterocycles. The monoisotopic (exact) mass is 427 g/mol. The van der Waals surface area contributed by atoms with Gasteiger partial charge in [-0.3, -0.25) is 4.98 Å². The van der Waals surface area contributed by atoms with Gasteiger partial charge in [0.25, 0.3) is 0 Å². The Morgan fingerprint density at radius 1 is 1.10 bits per heavy atom. The molecule has 3 aromatic heterocycles. The molecule has 0 aliphatic rings. The predicted molar refractivity (Wildman–Crippen MR) is 115 cm³/mol. The molecule has 0 aliphatic heterocycles. The number of aryl methyl sites for hydroxylation is 1. The Hall–Kier alpha value is -2.97. The zero-order valence-electron chi connectivity index (χ0n) is 16.1. The van der Waals surface area contributed by atoms with Gasteiger partial charge in [-0.15, -0.1) is 11.3 Å². The van der Waals surface area contributed by atoms with Crippen LogP contribution in [-0.4, -0.2) is 34.2 Å². The first-order chi connectivity index (χ1) is 14.1. The molecule has 0 unspecified atom stereocenters. The number of fused-ring (bicyclic) bond motifs is 1. The molecule has 0 aliphatic carbocycles. The molecule has 7 nitrogen and oxygen atoms in total. The number of halogens is 1. The van der Waals surface area contributed by atoms with Gasteiger partial charge in [0.15, 0.2) is 17.3 Å². The van der Waals surface area contributed by atoms with Crippen LogP contribution < -0.4 is 14.8 Å². The van der Waals surface area contributed by atoms with Crippen molar-refractivity contribution in [1.82, 2.24) is 19.9 Å². The van der Waals surface area contributed by atoms with Crippen LogP contribution in [0.4, 0.5) is 5.82 Å². The lowest BCUT2D eigenvalue weighted by Crippen LogP contribution is -2.04. The van der Waals surface area contributed by atoms with Gasteiger partial charge in [0, 0.05) is 23.8 Å². The zero-order chi connectivity index (χ0) is 20.4. The van der Waals surface area contributed by atoms with E-state index < -0.39 is 0 Å². The Kier molecular flexibility index (Phi) is 5.46. The number of thiophene rings is 1. The van der Waals surface area contributed by atoms with Crippen molar-refractivity contribution in [3.05, 3.63) is 52.3 Å². The highest BCUT2D eigenvalue weighted by Gasteiger charge is 2.17. The number of aromatic nitrogens is 4. The third-order valence-electron chi connectivity index (χ3n) is 4.35. The van der Waals surface area contributed by atoms with Crippen LogP contribution in [0.15, 0.2) is 36.8 Å². The Labute approximate surface area is 176 Å². The van der Waals surface area contributed by atoms with E-state index in [0.717, 1.165) is 20.7 Å². The Bertz CT molecular complexity index is 1170. The second-order valence-corrected chi connectivity index (χ2v) is 7.76. The molecule has 29 heavy (non-hydrogen) atoms. The first-order valence-electron chi connectivity index (χ1n) is 8.78. The van der Waals surface area contributed by atoms with Crippen molar-refractivity contribution in [2.45, 2.75) is 13.5 Å². The van der Waals surface area contributed by atoms with E-state index in [-0.39, 0.29) is 0 Å². The second-order valence-electron chi connectivity index (χ2n) is 6.18. The number of rotatable bonds is 6. The van der Waals surface area contributed by atoms with Crippen molar-refractivity contribution in [3.8, 4) is 23.0 Å². The molecule has 0 amide bonds. The van der Waals surface area contributed by atoms with Crippen LogP contribution in [0.25, 0.3) is 21.7 Å². The molecule has 0 spiro atoms. The topological polar surface area (TPSA) is 82.0 Å². The third kappa shape index (κ3) is 3.81. The largest absolute Gasteiger partial charge is 0.493 e. The summed E-state index contributed by atoms with van der Waals surface area (Å²) in [7, 11) is 3.23. The average Bonchev–Trinajstić information content (AvgIpc) is 3.06. The molecule has 148 valence electrons. The number of nitrogens with zero attached hydrogens (tertiary/aromatic N) is 4. The molecule has 4 aromatic rings. The van der Waals surface area contributed by atoms with E-state index in [0.29, 0.717) is 40.4 Å². The highest BCUT2D eigenvalue weighted by atomic mass is 35.5. The van der Waals surface area contributed by atoms with Crippen molar-refractivity contribution in [2.24, 2.45) is 0 Å². The summed E-state index contributed by atoms with van der Waals surface area (Å²) in [6.07, 6.45) is 4.87. The van der Waals surface area contributed by atoms with Gasteiger partial charge in [0.05, 0.1) is 30.8 Å². The van der Waals surface area contributed by atoms with Gasteiger partial charge in [0.2, 0.25) is 0 Å². The van der Waals surface area contributed by atoms with E-state index in [1.807, 2.05) is 25.1 Å². The fourth-order valence-electron chi connectivity index (χ4n) is 2.91. The number of methoxy groups -OCH3 is 2. The Balaban J connectivity index is 1.72. The van der Waals surface area contributed by atoms with Crippen molar-refractivity contribution in [2.75, 3.05) is 19.5 Å². The average molecular weight is 428 g/mol. The highest BCUT2D eigenvalue weighted by molar-refractivity contribution is 7.19. The number of anilines is 1. The number of nitrogens with one attached hydrogen (secondary N) is 1. The molecule has 0 fully saturated rings. The number of benzene rings is 1. The van der Waals surface area contributed by atoms with Crippen LogP contribution >= 0.6 is 22.9 Å². The molecule has 0 atom stereocenters. The van der Waals surface area contributed by atoms with Gasteiger partial charge < -0.3 is 14.8 Å². The van der Waals surface area contributed by atoms with Crippen LogP contribution in [0.3, 0.4) is 0 Å². The quantitative estimate of drug-likeness (QED) is 0.475. The smallest absolute Gasteiger partial charge is 0.183 e. The molecule has 0 saturated heterocycles. The van der Waals surface area contributed by atoms with E-state index in [4.69, 9.17) is 21.1 Å².